The third kappa shape index (κ3) is 4.98. The minimum Gasteiger partial charge on any atom is -0.496 e. The van der Waals surface area contributed by atoms with Gasteiger partial charge in [-0.05, 0) is 44.2 Å². The van der Waals surface area contributed by atoms with Crippen LogP contribution in [0.2, 0.25) is 0 Å². The average Bonchev–Trinajstić information content (AvgIpc) is 3.47. The molecule has 1 N–H and O–H groups in total. The van der Waals surface area contributed by atoms with E-state index in [1.165, 1.54) is 18.4 Å². The van der Waals surface area contributed by atoms with E-state index in [-0.39, 0.29) is 17.9 Å². The summed E-state index contributed by atoms with van der Waals surface area (Å²) >= 11 is 1.66. The highest BCUT2D eigenvalue weighted by molar-refractivity contribution is 7.09. The molecule has 4 rings (SSSR count). The monoisotopic (exact) mass is 413 g/mol. The Morgan fingerprint density at radius 2 is 2.10 bits per heavy atom. The second-order valence-electron chi connectivity index (χ2n) is 8.29. The van der Waals surface area contributed by atoms with E-state index in [4.69, 9.17) is 4.74 Å². The van der Waals surface area contributed by atoms with Crippen molar-refractivity contribution in [3.8, 4) is 5.75 Å². The first-order valence-electron chi connectivity index (χ1n) is 10.8. The lowest BCUT2D eigenvalue weighted by atomic mass is 9.90. The van der Waals surface area contributed by atoms with Crippen molar-refractivity contribution in [2.45, 2.75) is 51.1 Å². The van der Waals surface area contributed by atoms with Gasteiger partial charge in [0.1, 0.15) is 10.8 Å². The number of nitrogens with one attached hydrogen (secondary N) is 1. The maximum atomic E-state index is 12.9. The number of aromatic nitrogens is 1. The number of amides is 1. The van der Waals surface area contributed by atoms with Crippen LogP contribution in [-0.2, 0) is 11.3 Å². The van der Waals surface area contributed by atoms with Crippen molar-refractivity contribution < 1.29 is 9.53 Å². The van der Waals surface area contributed by atoms with Gasteiger partial charge >= 0.3 is 0 Å². The summed E-state index contributed by atoms with van der Waals surface area (Å²) in [7, 11) is 1.73. The van der Waals surface area contributed by atoms with E-state index in [9.17, 15) is 4.79 Å². The molecular formula is C23H31N3O2S. The van der Waals surface area contributed by atoms with E-state index in [1.54, 1.807) is 18.4 Å². The molecule has 6 heteroatoms. The zero-order valence-corrected chi connectivity index (χ0v) is 18.0. The Bertz CT molecular complexity index is 789. The van der Waals surface area contributed by atoms with Crippen molar-refractivity contribution in [2.24, 2.45) is 11.8 Å². The molecule has 0 radical (unpaired) electrons. The summed E-state index contributed by atoms with van der Waals surface area (Å²) in [6.45, 7) is 2.92. The van der Waals surface area contributed by atoms with E-state index in [0.29, 0.717) is 5.92 Å². The lowest BCUT2D eigenvalue weighted by molar-refractivity contribution is -0.126. The van der Waals surface area contributed by atoms with Gasteiger partial charge in [0.25, 0.3) is 0 Å². The Hall–Kier alpha value is -1.92. The Morgan fingerprint density at radius 1 is 1.28 bits per heavy atom. The average molecular weight is 414 g/mol. The number of benzene rings is 1. The highest BCUT2D eigenvalue weighted by Gasteiger charge is 2.33. The van der Waals surface area contributed by atoms with E-state index >= 15 is 0 Å². The fourth-order valence-electron chi connectivity index (χ4n) is 4.81. The molecule has 2 aromatic rings. The standard InChI is InChI=1S/C23H31N3O2S/c1-28-20-11-5-4-9-18(20)15-26-13-6-10-19(16-26)21(23-24-12-14-29-23)25-22(27)17-7-2-3-8-17/h4-5,9,11-12,14,17,19,21H,2-3,6-8,10,13,15-16H2,1H3,(H,25,27)/t19-,21+/m1/s1. The molecule has 2 fully saturated rings. The van der Waals surface area contributed by atoms with Gasteiger partial charge in [-0.1, -0.05) is 31.0 Å². The maximum absolute atomic E-state index is 12.9. The Labute approximate surface area is 177 Å². The molecule has 1 aromatic heterocycles. The number of likely N-dealkylation sites (tertiary alicyclic amines) is 1. The molecule has 2 heterocycles. The summed E-state index contributed by atoms with van der Waals surface area (Å²) in [5, 5.41) is 6.45. The summed E-state index contributed by atoms with van der Waals surface area (Å²) in [6.07, 6.45) is 8.52. The fraction of sp³-hybridized carbons (Fsp3) is 0.565. The highest BCUT2D eigenvalue weighted by Crippen LogP contribution is 2.34. The normalized spacial score (nSPS) is 21.8. The number of nitrogens with zero attached hydrogens (tertiary/aromatic N) is 2. The first-order chi connectivity index (χ1) is 14.2. The van der Waals surface area contributed by atoms with Gasteiger partial charge in [0.05, 0.1) is 13.2 Å². The Kier molecular flexibility index (Phi) is 6.82. The summed E-state index contributed by atoms with van der Waals surface area (Å²) in [5.74, 6) is 1.74. The van der Waals surface area contributed by atoms with Crippen LogP contribution in [0.3, 0.4) is 0 Å². The quantitative estimate of drug-likeness (QED) is 0.730. The molecule has 5 nitrogen and oxygen atoms in total. The first-order valence-corrected chi connectivity index (χ1v) is 11.7. The van der Waals surface area contributed by atoms with Crippen LogP contribution >= 0.6 is 11.3 Å². The van der Waals surface area contributed by atoms with Gasteiger partial charge in [0.15, 0.2) is 0 Å². The smallest absolute Gasteiger partial charge is 0.223 e. The summed E-state index contributed by atoms with van der Waals surface area (Å²) in [4.78, 5) is 20.0. The van der Waals surface area contributed by atoms with Gasteiger partial charge < -0.3 is 10.1 Å². The van der Waals surface area contributed by atoms with Crippen molar-refractivity contribution in [3.63, 3.8) is 0 Å². The molecule has 1 saturated carbocycles. The molecule has 1 amide bonds. The molecule has 1 saturated heterocycles. The largest absolute Gasteiger partial charge is 0.496 e. The number of carbonyl (C=O) groups is 1. The van der Waals surface area contributed by atoms with Gasteiger partial charge in [0, 0.05) is 36.1 Å². The first kappa shape index (κ1) is 20.4. The number of methoxy groups -OCH3 is 1. The number of carbonyl (C=O) groups excluding carboxylic acids is 1. The minimum absolute atomic E-state index is 0.0172. The van der Waals surface area contributed by atoms with Crippen LogP contribution in [0.1, 0.15) is 55.1 Å². The second-order valence-corrected chi connectivity index (χ2v) is 9.21. The Morgan fingerprint density at radius 3 is 2.86 bits per heavy atom. The van der Waals surface area contributed by atoms with E-state index in [2.05, 4.69) is 27.3 Å². The maximum Gasteiger partial charge on any atom is 0.223 e. The Balaban J connectivity index is 1.46. The van der Waals surface area contributed by atoms with Crippen LogP contribution < -0.4 is 10.1 Å². The number of piperidine rings is 1. The number of para-hydroxylation sites is 1. The molecule has 0 unspecified atom stereocenters. The zero-order chi connectivity index (χ0) is 20.1. The summed E-state index contributed by atoms with van der Waals surface area (Å²) < 4.78 is 5.54. The number of hydrogen-bond acceptors (Lipinski definition) is 5. The predicted octanol–water partition coefficient (Wildman–Crippen LogP) is 4.41. The minimum atomic E-state index is 0.0172. The summed E-state index contributed by atoms with van der Waals surface area (Å²) in [6, 6.07) is 8.26. The van der Waals surface area contributed by atoms with Crippen molar-refractivity contribution in [3.05, 3.63) is 46.4 Å². The number of rotatable bonds is 7. The van der Waals surface area contributed by atoms with Gasteiger partial charge in [0.2, 0.25) is 5.91 Å². The fourth-order valence-corrected chi connectivity index (χ4v) is 5.59. The molecule has 2 aliphatic rings. The molecule has 29 heavy (non-hydrogen) atoms. The lowest BCUT2D eigenvalue weighted by Crippen LogP contribution is -2.43. The molecule has 0 spiro atoms. The molecular weight excluding hydrogens is 382 g/mol. The molecule has 2 atom stereocenters. The molecule has 1 aliphatic heterocycles. The van der Waals surface area contributed by atoms with Gasteiger partial charge in [-0.3, -0.25) is 9.69 Å². The van der Waals surface area contributed by atoms with Crippen molar-refractivity contribution >= 4 is 17.2 Å². The third-order valence-corrected chi connectivity index (χ3v) is 7.20. The van der Waals surface area contributed by atoms with Crippen LogP contribution in [0, 0.1) is 11.8 Å². The molecule has 1 aromatic carbocycles. The number of ether oxygens (including phenoxy) is 1. The number of thiazole rings is 1. The second kappa shape index (κ2) is 9.72. The van der Waals surface area contributed by atoms with E-state index < -0.39 is 0 Å². The van der Waals surface area contributed by atoms with Crippen LogP contribution in [0.15, 0.2) is 35.8 Å². The lowest BCUT2D eigenvalue weighted by Gasteiger charge is -2.37. The van der Waals surface area contributed by atoms with Crippen LogP contribution in [0.4, 0.5) is 0 Å². The van der Waals surface area contributed by atoms with Crippen LogP contribution in [0.25, 0.3) is 0 Å². The molecule has 0 bridgehead atoms. The van der Waals surface area contributed by atoms with Crippen molar-refractivity contribution in [2.75, 3.05) is 20.2 Å². The SMILES string of the molecule is COc1ccccc1CN1CCC[C@@H]([C@H](NC(=O)C2CCCC2)c2nccs2)C1. The van der Waals surface area contributed by atoms with Gasteiger partial charge in [-0.2, -0.15) is 0 Å². The number of hydrogen-bond donors (Lipinski definition) is 1. The van der Waals surface area contributed by atoms with Crippen molar-refractivity contribution in [1.82, 2.24) is 15.2 Å². The van der Waals surface area contributed by atoms with Crippen LogP contribution in [0.5, 0.6) is 5.75 Å². The van der Waals surface area contributed by atoms with Crippen LogP contribution in [-0.4, -0.2) is 36.0 Å². The third-order valence-electron chi connectivity index (χ3n) is 6.34. The van der Waals surface area contributed by atoms with E-state index in [1.807, 2.05) is 23.7 Å². The van der Waals surface area contributed by atoms with Crippen molar-refractivity contribution in [1.29, 1.82) is 0 Å². The zero-order valence-electron chi connectivity index (χ0n) is 17.2. The molecule has 1 aliphatic carbocycles. The van der Waals surface area contributed by atoms with Gasteiger partial charge in [-0.15, -0.1) is 11.3 Å². The predicted molar refractivity (Wildman–Crippen MR) is 116 cm³/mol. The van der Waals surface area contributed by atoms with E-state index in [0.717, 1.165) is 56.1 Å². The summed E-state index contributed by atoms with van der Waals surface area (Å²) in [5.41, 5.74) is 1.22. The molecule has 156 valence electrons. The highest BCUT2D eigenvalue weighted by atomic mass is 32.1. The van der Waals surface area contributed by atoms with Gasteiger partial charge in [-0.25, -0.2) is 4.98 Å². The topological polar surface area (TPSA) is 54.5 Å².